The Labute approximate surface area is 137 Å². The van der Waals surface area contributed by atoms with Gasteiger partial charge in [0.1, 0.15) is 4.99 Å². The van der Waals surface area contributed by atoms with Gasteiger partial charge in [-0.25, -0.2) is 4.39 Å². The molecule has 0 fully saturated rings. The van der Waals surface area contributed by atoms with Gasteiger partial charge in [0.25, 0.3) is 0 Å². The minimum absolute atomic E-state index is 0.154. The molecule has 21 heavy (non-hydrogen) atoms. The Hall–Kier alpha value is -1.66. The van der Waals surface area contributed by atoms with Crippen LogP contribution >= 0.6 is 28.1 Å². The van der Waals surface area contributed by atoms with E-state index in [1.165, 1.54) is 0 Å². The molecule has 0 heterocycles. The van der Waals surface area contributed by atoms with E-state index in [1.807, 2.05) is 43.3 Å². The SMILES string of the molecule is CN(C)c1ccccc1Nc1ccc(C(N)=S)c(Br)c1F. The zero-order chi connectivity index (χ0) is 15.6. The normalized spacial score (nSPS) is 10.3. The van der Waals surface area contributed by atoms with Crippen molar-refractivity contribution in [2.45, 2.75) is 0 Å². The first kappa shape index (κ1) is 15.7. The molecule has 0 radical (unpaired) electrons. The van der Waals surface area contributed by atoms with E-state index in [0.717, 1.165) is 11.4 Å². The van der Waals surface area contributed by atoms with Crippen molar-refractivity contribution in [2.24, 2.45) is 5.73 Å². The summed E-state index contributed by atoms with van der Waals surface area (Å²) >= 11 is 8.09. The van der Waals surface area contributed by atoms with E-state index in [2.05, 4.69) is 21.2 Å². The van der Waals surface area contributed by atoms with Crippen LogP contribution in [0.25, 0.3) is 0 Å². The van der Waals surface area contributed by atoms with E-state index < -0.39 is 5.82 Å². The number of halogens is 2. The number of thiocarbonyl (C=S) groups is 1. The molecule has 0 amide bonds. The van der Waals surface area contributed by atoms with Crippen LogP contribution in [0.2, 0.25) is 0 Å². The number of benzene rings is 2. The smallest absolute Gasteiger partial charge is 0.161 e. The van der Waals surface area contributed by atoms with Crippen molar-refractivity contribution >= 4 is 50.2 Å². The van der Waals surface area contributed by atoms with Gasteiger partial charge in [0.15, 0.2) is 5.82 Å². The quantitative estimate of drug-likeness (QED) is 0.800. The second-order valence-corrected chi connectivity index (χ2v) is 5.92. The van der Waals surface area contributed by atoms with Crippen molar-refractivity contribution in [3.05, 3.63) is 52.3 Å². The molecule has 2 aromatic carbocycles. The van der Waals surface area contributed by atoms with Gasteiger partial charge in [-0.3, -0.25) is 0 Å². The number of para-hydroxylation sites is 2. The molecule has 3 nitrogen and oxygen atoms in total. The summed E-state index contributed by atoms with van der Waals surface area (Å²) in [5.74, 6) is -0.422. The van der Waals surface area contributed by atoms with Gasteiger partial charge < -0.3 is 16.0 Å². The number of nitrogens with two attached hydrogens (primary N) is 1. The number of hydrogen-bond acceptors (Lipinski definition) is 3. The molecular formula is C15H15BrFN3S. The number of anilines is 3. The fourth-order valence-electron chi connectivity index (χ4n) is 1.95. The first-order valence-corrected chi connectivity index (χ1v) is 7.43. The molecule has 0 aliphatic heterocycles. The Morgan fingerprint density at radius 3 is 2.48 bits per heavy atom. The summed E-state index contributed by atoms with van der Waals surface area (Å²) in [5.41, 5.74) is 8.18. The maximum absolute atomic E-state index is 14.4. The molecular weight excluding hydrogens is 353 g/mol. The van der Waals surface area contributed by atoms with Crippen LogP contribution < -0.4 is 16.0 Å². The number of nitrogens with zero attached hydrogens (tertiary/aromatic N) is 1. The fraction of sp³-hybridized carbons (Fsp3) is 0.133. The van der Waals surface area contributed by atoms with E-state index in [0.29, 0.717) is 11.3 Å². The largest absolute Gasteiger partial charge is 0.389 e. The van der Waals surface area contributed by atoms with Gasteiger partial charge >= 0.3 is 0 Å². The lowest BCUT2D eigenvalue weighted by Crippen LogP contribution is -2.12. The van der Waals surface area contributed by atoms with Gasteiger partial charge in [-0.1, -0.05) is 24.4 Å². The van der Waals surface area contributed by atoms with Crippen LogP contribution in [0.4, 0.5) is 21.5 Å². The maximum atomic E-state index is 14.4. The second kappa shape index (κ2) is 6.41. The molecule has 0 aliphatic carbocycles. The Morgan fingerprint density at radius 2 is 1.86 bits per heavy atom. The molecule has 0 saturated heterocycles. The van der Waals surface area contributed by atoms with Crippen LogP contribution in [0.5, 0.6) is 0 Å². The van der Waals surface area contributed by atoms with Crippen LogP contribution in [-0.4, -0.2) is 19.1 Å². The molecule has 0 spiro atoms. The predicted molar refractivity (Wildman–Crippen MR) is 94.0 cm³/mol. The number of hydrogen-bond donors (Lipinski definition) is 2. The number of rotatable bonds is 4. The molecule has 2 aromatic rings. The molecule has 3 N–H and O–H groups in total. The van der Waals surface area contributed by atoms with Crippen LogP contribution in [0.3, 0.4) is 0 Å². The molecule has 6 heteroatoms. The Kier molecular flexibility index (Phi) is 4.80. The van der Waals surface area contributed by atoms with E-state index in [4.69, 9.17) is 18.0 Å². The highest BCUT2D eigenvalue weighted by Gasteiger charge is 2.14. The van der Waals surface area contributed by atoms with Crippen LogP contribution in [0, 0.1) is 5.82 Å². The van der Waals surface area contributed by atoms with Crippen LogP contribution in [0.1, 0.15) is 5.56 Å². The van der Waals surface area contributed by atoms with Crippen LogP contribution in [-0.2, 0) is 0 Å². The zero-order valence-electron chi connectivity index (χ0n) is 11.7. The molecule has 0 aromatic heterocycles. The van der Waals surface area contributed by atoms with Crippen LogP contribution in [0.15, 0.2) is 40.9 Å². The fourth-order valence-corrected chi connectivity index (χ4v) is 2.81. The summed E-state index contributed by atoms with van der Waals surface area (Å²) in [6.45, 7) is 0. The van der Waals surface area contributed by atoms with E-state index >= 15 is 0 Å². The average molecular weight is 368 g/mol. The summed E-state index contributed by atoms with van der Waals surface area (Å²) in [6, 6.07) is 11.0. The minimum atomic E-state index is -0.422. The van der Waals surface area contributed by atoms with Gasteiger partial charge in [-0.2, -0.15) is 0 Å². The summed E-state index contributed by atoms with van der Waals surface area (Å²) in [5, 5.41) is 3.10. The molecule has 0 atom stereocenters. The lowest BCUT2D eigenvalue weighted by molar-refractivity contribution is 0.625. The Balaban J connectivity index is 2.42. The molecule has 0 saturated carbocycles. The van der Waals surface area contributed by atoms with Gasteiger partial charge in [0.05, 0.1) is 21.5 Å². The van der Waals surface area contributed by atoms with Crippen molar-refractivity contribution in [1.82, 2.24) is 0 Å². The van der Waals surface area contributed by atoms with Gasteiger partial charge in [-0.05, 0) is 40.2 Å². The lowest BCUT2D eigenvalue weighted by atomic mass is 10.1. The molecule has 0 aliphatic rings. The summed E-state index contributed by atoms with van der Waals surface area (Å²) in [7, 11) is 3.87. The number of nitrogens with one attached hydrogen (secondary N) is 1. The third-order valence-electron chi connectivity index (χ3n) is 3.00. The van der Waals surface area contributed by atoms with Gasteiger partial charge in [0.2, 0.25) is 0 Å². The summed E-state index contributed by atoms with van der Waals surface area (Å²) < 4.78 is 14.7. The Morgan fingerprint density at radius 1 is 1.19 bits per heavy atom. The van der Waals surface area contributed by atoms with Crippen molar-refractivity contribution in [2.75, 3.05) is 24.3 Å². The molecule has 110 valence electrons. The van der Waals surface area contributed by atoms with Crippen molar-refractivity contribution in [3.8, 4) is 0 Å². The Bertz CT molecular complexity index is 689. The van der Waals surface area contributed by atoms with Gasteiger partial charge in [0, 0.05) is 19.7 Å². The molecule has 0 bridgehead atoms. The zero-order valence-corrected chi connectivity index (χ0v) is 14.1. The predicted octanol–water partition coefficient (Wildman–Crippen LogP) is 4.03. The molecule has 0 unspecified atom stereocenters. The maximum Gasteiger partial charge on any atom is 0.161 e. The molecule has 2 rings (SSSR count). The van der Waals surface area contributed by atoms with E-state index in [9.17, 15) is 4.39 Å². The first-order chi connectivity index (χ1) is 9.91. The first-order valence-electron chi connectivity index (χ1n) is 6.23. The summed E-state index contributed by atoms with van der Waals surface area (Å²) in [6.07, 6.45) is 0. The average Bonchev–Trinajstić information content (AvgIpc) is 2.44. The van der Waals surface area contributed by atoms with Crippen molar-refractivity contribution in [1.29, 1.82) is 0 Å². The topological polar surface area (TPSA) is 41.3 Å². The third-order valence-corrected chi connectivity index (χ3v) is 4.00. The highest BCUT2D eigenvalue weighted by Crippen LogP contribution is 2.32. The van der Waals surface area contributed by atoms with Crippen molar-refractivity contribution < 1.29 is 4.39 Å². The van der Waals surface area contributed by atoms with E-state index in [-0.39, 0.29) is 9.46 Å². The van der Waals surface area contributed by atoms with Crippen molar-refractivity contribution in [3.63, 3.8) is 0 Å². The minimum Gasteiger partial charge on any atom is -0.389 e. The summed E-state index contributed by atoms with van der Waals surface area (Å²) in [4.78, 5) is 2.11. The monoisotopic (exact) mass is 367 g/mol. The third kappa shape index (κ3) is 3.33. The van der Waals surface area contributed by atoms with E-state index in [1.54, 1.807) is 12.1 Å². The highest BCUT2D eigenvalue weighted by molar-refractivity contribution is 9.10. The highest BCUT2D eigenvalue weighted by atomic mass is 79.9. The standard InChI is InChI=1S/C15H15BrFN3S/c1-20(2)12-6-4-3-5-10(12)19-11-8-7-9(15(18)21)13(16)14(11)17/h3-8,19H,1-2H3,(H2,18,21). The second-order valence-electron chi connectivity index (χ2n) is 4.69. The lowest BCUT2D eigenvalue weighted by Gasteiger charge is -2.19. The van der Waals surface area contributed by atoms with Gasteiger partial charge in [-0.15, -0.1) is 0 Å².